The molecule has 0 fully saturated rings. The average molecular weight is 474 g/mol. The first kappa shape index (κ1) is 28.0. The second-order valence-electron chi connectivity index (χ2n) is 7.16. The summed E-state index contributed by atoms with van der Waals surface area (Å²) in [4.78, 5) is 72.0. The van der Waals surface area contributed by atoms with E-state index in [9.17, 15) is 28.8 Å². The lowest BCUT2D eigenvalue weighted by molar-refractivity contribution is -0.140. The molecule has 1 aromatic rings. The molecule has 10 nitrogen and oxygen atoms in total. The second kappa shape index (κ2) is 12.8. The van der Waals surface area contributed by atoms with E-state index in [1.165, 1.54) is 27.7 Å². The van der Waals surface area contributed by atoms with Crippen molar-refractivity contribution < 1.29 is 47.7 Å². The first-order chi connectivity index (χ1) is 15.9. The van der Waals surface area contributed by atoms with Gasteiger partial charge in [0.15, 0.2) is 11.6 Å². The molecule has 0 aliphatic heterocycles. The molecule has 0 unspecified atom stereocenters. The predicted octanol–water partition coefficient (Wildman–Crippen LogP) is 2.64. The summed E-state index contributed by atoms with van der Waals surface area (Å²) in [5.41, 5.74) is -0.476. The van der Waals surface area contributed by atoms with Crippen LogP contribution in [-0.2, 0) is 28.5 Å². The van der Waals surface area contributed by atoms with Crippen molar-refractivity contribution in [3.63, 3.8) is 0 Å². The number of carbonyl (C=O) groups excluding carboxylic acids is 6. The average Bonchev–Trinajstić information content (AvgIpc) is 2.77. The smallest absolute Gasteiger partial charge is 0.339 e. The molecule has 1 rings (SSSR count). The van der Waals surface area contributed by atoms with Gasteiger partial charge >= 0.3 is 23.9 Å². The highest BCUT2D eigenvalue weighted by Gasteiger charge is 2.25. The molecule has 0 radical (unpaired) electrons. The molecule has 0 heterocycles. The standard InChI is InChI=1S/C24H26O10/c1-13(2)21(27)31-7-9-33-23(29)19-11-18(16(6)26)20(12-17(19)15(5)25)24(30)34-10-8-32-22(28)14(3)4/h11-12H,1,3,7-10H2,2,4-6H3. The minimum Gasteiger partial charge on any atom is -0.459 e. The van der Waals surface area contributed by atoms with Crippen molar-refractivity contribution in [3.05, 3.63) is 58.7 Å². The zero-order valence-corrected chi connectivity index (χ0v) is 19.5. The number of benzene rings is 1. The fourth-order valence-electron chi connectivity index (χ4n) is 2.46. The molecular formula is C24H26O10. The van der Waals surface area contributed by atoms with Crippen molar-refractivity contribution in [2.24, 2.45) is 0 Å². The van der Waals surface area contributed by atoms with Crippen LogP contribution in [0.25, 0.3) is 0 Å². The molecule has 0 atom stereocenters. The number of ether oxygens (including phenoxy) is 4. The fraction of sp³-hybridized carbons (Fsp3) is 0.333. The maximum Gasteiger partial charge on any atom is 0.339 e. The summed E-state index contributed by atoms with van der Waals surface area (Å²) in [5, 5.41) is 0. The van der Waals surface area contributed by atoms with E-state index in [4.69, 9.17) is 18.9 Å². The SMILES string of the molecule is C=C(C)C(=O)OCCOC(=O)c1cc(C(C)=O)c(C(=O)OCCOC(=O)C(=C)C)cc1C(C)=O. The lowest BCUT2D eigenvalue weighted by atomic mass is 9.94. The zero-order chi connectivity index (χ0) is 26.0. The minimum absolute atomic E-state index is 0.172. The second-order valence-corrected chi connectivity index (χ2v) is 7.16. The quantitative estimate of drug-likeness (QED) is 0.146. The van der Waals surface area contributed by atoms with Crippen LogP contribution in [-0.4, -0.2) is 61.9 Å². The van der Waals surface area contributed by atoms with Gasteiger partial charge in [0.05, 0.1) is 11.1 Å². The van der Waals surface area contributed by atoms with Gasteiger partial charge in [-0.1, -0.05) is 13.2 Å². The highest BCUT2D eigenvalue weighted by molar-refractivity contribution is 6.12. The van der Waals surface area contributed by atoms with Crippen LogP contribution in [0.1, 0.15) is 69.1 Å². The van der Waals surface area contributed by atoms with E-state index >= 15 is 0 Å². The topological polar surface area (TPSA) is 139 Å². The van der Waals surface area contributed by atoms with Gasteiger partial charge in [-0.05, 0) is 39.8 Å². The van der Waals surface area contributed by atoms with Gasteiger partial charge in [0, 0.05) is 22.3 Å². The molecule has 1 aromatic carbocycles. The highest BCUT2D eigenvalue weighted by Crippen LogP contribution is 2.21. The third-order valence-corrected chi connectivity index (χ3v) is 4.15. The summed E-state index contributed by atoms with van der Waals surface area (Å²) < 4.78 is 19.7. The Morgan fingerprint density at radius 3 is 1.12 bits per heavy atom. The van der Waals surface area contributed by atoms with Crippen LogP contribution < -0.4 is 0 Å². The molecule has 0 N–H and O–H groups in total. The summed E-state index contributed by atoms with van der Waals surface area (Å²) in [6.45, 7) is 11.0. The van der Waals surface area contributed by atoms with Crippen LogP contribution in [0.3, 0.4) is 0 Å². The van der Waals surface area contributed by atoms with Gasteiger partial charge < -0.3 is 18.9 Å². The van der Waals surface area contributed by atoms with E-state index in [1.807, 2.05) is 0 Å². The fourth-order valence-corrected chi connectivity index (χ4v) is 2.46. The molecule has 0 bridgehead atoms. The van der Waals surface area contributed by atoms with Crippen molar-refractivity contribution in [1.82, 2.24) is 0 Å². The zero-order valence-electron chi connectivity index (χ0n) is 19.5. The predicted molar refractivity (Wildman–Crippen MR) is 119 cm³/mol. The molecule has 0 amide bonds. The first-order valence-corrected chi connectivity index (χ1v) is 10.1. The van der Waals surface area contributed by atoms with E-state index in [-0.39, 0.29) is 59.8 Å². The van der Waals surface area contributed by atoms with E-state index in [0.29, 0.717) is 0 Å². The lowest BCUT2D eigenvalue weighted by Gasteiger charge is -2.13. The van der Waals surface area contributed by atoms with Gasteiger partial charge in [-0.2, -0.15) is 0 Å². The van der Waals surface area contributed by atoms with Crippen molar-refractivity contribution in [2.75, 3.05) is 26.4 Å². The summed E-state index contributed by atoms with van der Waals surface area (Å²) in [5.74, 6) is -4.36. The number of esters is 4. The summed E-state index contributed by atoms with van der Waals surface area (Å²) in [6, 6.07) is 2.14. The molecule has 0 saturated carbocycles. The normalized spacial score (nSPS) is 10.0. The van der Waals surface area contributed by atoms with Gasteiger partial charge in [0.1, 0.15) is 26.4 Å². The Balaban J connectivity index is 3.04. The minimum atomic E-state index is -0.953. The van der Waals surface area contributed by atoms with Crippen molar-refractivity contribution in [3.8, 4) is 0 Å². The maximum atomic E-state index is 12.5. The molecule has 0 aliphatic carbocycles. The Morgan fingerprint density at radius 2 is 0.853 bits per heavy atom. The molecule has 0 aliphatic rings. The largest absolute Gasteiger partial charge is 0.459 e. The molecule has 0 spiro atoms. The molecule has 34 heavy (non-hydrogen) atoms. The molecule has 0 aromatic heterocycles. The number of carbonyl (C=O) groups is 6. The summed E-state index contributed by atoms with van der Waals surface area (Å²) in [7, 11) is 0. The van der Waals surface area contributed by atoms with Crippen molar-refractivity contribution in [2.45, 2.75) is 27.7 Å². The molecule has 182 valence electrons. The Labute approximate surface area is 196 Å². The monoisotopic (exact) mass is 474 g/mol. The maximum absolute atomic E-state index is 12.5. The van der Waals surface area contributed by atoms with E-state index in [1.54, 1.807) is 0 Å². The third kappa shape index (κ3) is 8.12. The van der Waals surface area contributed by atoms with Gasteiger partial charge in [-0.3, -0.25) is 9.59 Å². The Kier molecular flexibility index (Phi) is 10.5. The van der Waals surface area contributed by atoms with Crippen LogP contribution in [0.5, 0.6) is 0 Å². The number of hydrogen-bond donors (Lipinski definition) is 0. The number of ketones is 2. The van der Waals surface area contributed by atoms with E-state index < -0.39 is 35.4 Å². The van der Waals surface area contributed by atoms with Crippen LogP contribution in [0, 0.1) is 0 Å². The Morgan fingerprint density at radius 1 is 0.559 bits per heavy atom. The van der Waals surface area contributed by atoms with E-state index in [0.717, 1.165) is 12.1 Å². The van der Waals surface area contributed by atoms with Crippen molar-refractivity contribution in [1.29, 1.82) is 0 Å². The number of rotatable bonds is 12. The molecule has 0 saturated heterocycles. The number of Topliss-reactive ketones (excluding diaryl/α,β-unsaturated/α-hetero) is 2. The van der Waals surface area contributed by atoms with Gasteiger partial charge in [0.25, 0.3) is 0 Å². The van der Waals surface area contributed by atoms with Crippen LogP contribution in [0.2, 0.25) is 0 Å². The first-order valence-electron chi connectivity index (χ1n) is 10.1. The Hall–Kier alpha value is -4.08. The lowest BCUT2D eigenvalue weighted by Crippen LogP contribution is -2.20. The van der Waals surface area contributed by atoms with E-state index in [2.05, 4.69) is 13.2 Å². The summed E-state index contributed by atoms with van der Waals surface area (Å²) in [6.07, 6.45) is 0. The van der Waals surface area contributed by atoms with Gasteiger partial charge in [-0.15, -0.1) is 0 Å². The summed E-state index contributed by atoms with van der Waals surface area (Å²) >= 11 is 0. The van der Waals surface area contributed by atoms with Crippen LogP contribution >= 0.6 is 0 Å². The number of hydrogen-bond acceptors (Lipinski definition) is 10. The molecular weight excluding hydrogens is 448 g/mol. The van der Waals surface area contributed by atoms with Gasteiger partial charge in [0.2, 0.25) is 0 Å². The molecule has 10 heteroatoms. The van der Waals surface area contributed by atoms with Crippen molar-refractivity contribution >= 4 is 35.4 Å². The van der Waals surface area contributed by atoms with Gasteiger partial charge in [-0.25, -0.2) is 19.2 Å². The van der Waals surface area contributed by atoms with Crippen LogP contribution in [0.15, 0.2) is 36.4 Å². The third-order valence-electron chi connectivity index (χ3n) is 4.15. The Bertz CT molecular complexity index is 964. The van der Waals surface area contributed by atoms with Crippen LogP contribution in [0.4, 0.5) is 0 Å². The highest BCUT2D eigenvalue weighted by atomic mass is 16.6.